The fourth-order valence-electron chi connectivity index (χ4n) is 14.1. The van der Waals surface area contributed by atoms with Gasteiger partial charge in [-0.1, -0.05) is 29.8 Å². The van der Waals surface area contributed by atoms with Crippen molar-refractivity contribution in [2.75, 3.05) is 52.3 Å². The van der Waals surface area contributed by atoms with Crippen LogP contribution in [0.5, 0.6) is 46.0 Å². The van der Waals surface area contributed by atoms with Gasteiger partial charge in [-0.3, -0.25) is 34.3 Å². The maximum Gasteiger partial charge on any atom is 0.331 e. The number of nitrogens with zero attached hydrogens (tertiary/aromatic N) is 6. The zero-order valence-corrected chi connectivity index (χ0v) is 52.1. The summed E-state index contributed by atoms with van der Waals surface area (Å²) in [6.07, 6.45) is 0.0581. The molecule has 2 fully saturated rings. The molecule has 0 radical (unpaired) electrons. The highest BCUT2D eigenvalue weighted by Crippen LogP contribution is 2.65. The van der Waals surface area contributed by atoms with E-state index in [4.69, 9.17) is 45.0 Å². The van der Waals surface area contributed by atoms with E-state index in [1.165, 1.54) is 49.9 Å². The number of amides is 1. The number of aromatic nitrogens is 3. The number of aliphatic hydroxyl groups is 1. The van der Waals surface area contributed by atoms with Crippen molar-refractivity contribution in [3.63, 3.8) is 0 Å². The fourth-order valence-corrected chi connectivity index (χ4v) is 17.1. The van der Waals surface area contributed by atoms with E-state index >= 15 is 0 Å². The number of nitrogens with one attached hydrogen (secondary N) is 2. The lowest BCUT2D eigenvalue weighted by atomic mass is 9.73. The Balaban J connectivity index is 0.000000181. The number of esters is 2. The molecule has 8 unspecified atom stereocenters. The van der Waals surface area contributed by atoms with E-state index in [1.54, 1.807) is 35.6 Å². The first kappa shape index (κ1) is 59.1. The van der Waals surface area contributed by atoms with Crippen molar-refractivity contribution >= 4 is 63.9 Å². The Morgan fingerprint density at radius 2 is 1.65 bits per heavy atom. The van der Waals surface area contributed by atoms with Crippen molar-refractivity contribution in [3.8, 4) is 51.0 Å². The van der Waals surface area contributed by atoms with Gasteiger partial charge < -0.3 is 54.2 Å². The van der Waals surface area contributed by atoms with E-state index in [9.17, 15) is 34.8 Å². The fraction of sp³-hybridized carbons (Fsp3) is 0.375. The molecular formula is C64H65ClN8O13S2. The van der Waals surface area contributed by atoms with E-state index in [-0.39, 0.29) is 60.5 Å². The van der Waals surface area contributed by atoms with E-state index in [1.807, 2.05) is 67.6 Å². The highest BCUT2D eigenvalue weighted by molar-refractivity contribution is 7.99. The van der Waals surface area contributed by atoms with Crippen LogP contribution in [0.15, 0.2) is 71.7 Å². The van der Waals surface area contributed by atoms with Crippen molar-refractivity contribution in [1.82, 2.24) is 29.9 Å². The second-order valence-corrected chi connectivity index (χ2v) is 25.9. The van der Waals surface area contributed by atoms with Gasteiger partial charge in [0, 0.05) is 74.2 Å². The third-order valence-electron chi connectivity index (χ3n) is 18.2. The largest absolute Gasteiger partial charge is 0.508 e. The number of carbonyl (C=O) groups is 3. The number of piperazine rings is 1. The predicted octanol–water partition coefficient (Wildman–Crippen LogP) is 8.95. The highest BCUT2D eigenvalue weighted by atomic mass is 35.5. The quantitative estimate of drug-likeness (QED) is 0.0494. The molecule has 6 N–H and O–H groups in total. The summed E-state index contributed by atoms with van der Waals surface area (Å²) in [5, 5.41) is 61.0. The molecule has 8 aliphatic heterocycles. The molecule has 21 nitrogen and oxygen atoms in total. The normalized spacial score (nSPS) is 23.7. The standard InChI is InChI=1S/C39H43N3O11S.C25H22ClN5O2S/c1-16-9-20-10-22-37(46)42-23-13-50-38(47)39(21-12-25(48-5)24(44)11-19(21)7-8-40-39)14-54-36(30(42)29(41(22)4)26(20)31(45)32(16)49-6)28-27(23)35-34(51-15-52-35)17(2)33(28)53-18(3)43;1-13-14(2)34-25-22(13)23(16-4-6-17(26)7-5-16)28-20(24-30-29-15(3)31(24)25)12-21(33)27-18-8-10-19(32)11-9-18/h9,11-12,22-23,29-30,36-37,40,44-46H,7-8,10,13-15H2,1-6H3;4-11,20,32H,12H2,1-3H3,(H,27,33). The number of aliphatic hydroxyl groups excluding tert-OH is 1. The number of thiophene rings is 1. The first-order valence-electron chi connectivity index (χ1n) is 28.8. The molecule has 4 bridgehead atoms. The van der Waals surface area contributed by atoms with Gasteiger partial charge in [0.05, 0.1) is 49.7 Å². The molecule has 24 heteroatoms. The van der Waals surface area contributed by atoms with Crippen molar-refractivity contribution < 1.29 is 63.2 Å². The molecule has 5 aromatic carbocycles. The number of phenolic OH excluding ortho intramolecular Hbond substituents is 3. The molecule has 1 spiro atoms. The number of rotatable bonds is 7. The van der Waals surface area contributed by atoms with Gasteiger partial charge in [-0.05, 0) is 131 Å². The number of benzene rings is 5. The van der Waals surface area contributed by atoms with Gasteiger partial charge in [-0.2, -0.15) is 0 Å². The number of phenols is 3. The van der Waals surface area contributed by atoms with Crippen molar-refractivity contribution in [3.05, 3.63) is 149 Å². The number of methoxy groups -OCH3 is 2. The summed E-state index contributed by atoms with van der Waals surface area (Å²) in [5.74, 6) is 2.25. The summed E-state index contributed by atoms with van der Waals surface area (Å²) in [7, 11) is 4.96. The second kappa shape index (κ2) is 22.6. The van der Waals surface area contributed by atoms with Gasteiger partial charge in [-0.15, -0.1) is 33.3 Å². The molecule has 0 saturated carbocycles. The van der Waals surface area contributed by atoms with Crippen LogP contribution in [0.2, 0.25) is 5.02 Å². The molecule has 15 rings (SSSR count). The highest BCUT2D eigenvalue weighted by Gasteiger charge is 2.61. The molecule has 2 aromatic heterocycles. The summed E-state index contributed by atoms with van der Waals surface area (Å²) >= 11 is 9.29. The van der Waals surface area contributed by atoms with Crippen LogP contribution in [-0.4, -0.2) is 134 Å². The van der Waals surface area contributed by atoms with E-state index in [0.717, 1.165) is 49.9 Å². The number of fused-ring (bicyclic) bond motifs is 12. The predicted molar refractivity (Wildman–Crippen MR) is 329 cm³/mol. The van der Waals surface area contributed by atoms with Crippen molar-refractivity contribution in [2.24, 2.45) is 4.99 Å². The molecule has 8 atom stereocenters. The summed E-state index contributed by atoms with van der Waals surface area (Å²) in [6, 6.07) is 16.5. The summed E-state index contributed by atoms with van der Waals surface area (Å²) in [6.45, 7) is 11.3. The Kier molecular flexibility index (Phi) is 15.2. The van der Waals surface area contributed by atoms with Gasteiger partial charge in [0.1, 0.15) is 41.2 Å². The van der Waals surface area contributed by atoms with Crippen LogP contribution < -0.4 is 34.3 Å². The third kappa shape index (κ3) is 9.50. The smallest absolute Gasteiger partial charge is 0.331 e. The molecular weight excluding hydrogens is 1190 g/mol. The number of hydrogen-bond donors (Lipinski definition) is 6. The van der Waals surface area contributed by atoms with Crippen LogP contribution >= 0.6 is 34.7 Å². The Morgan fingerprint density at radius 3 is 2.38 bits per heavy atom. The SMILES string of the molecule is COc1cc2c(cc1O)CCNC21CSC2c3c(OC(C)=O)c(C)c4c(c3C(COC1=O)N1C(O)C3Cc5cc(C)c(OC)c(O)c5C(C21)N3C)OCO4.Cc1sc2c(c1C)C(c1ccc(Cl)cc1)=NC(CC(=O)Nc1ccc(O)cc1)c1nnc(C)n1-2. The Morgan fingerprint density at radius 1 is 0.898 bits per heavy atom. The number of carbonyl (C=O) groups excluding carboxylic acids is 3. The summed E-state index contributed by atoms with van der Waals surface area (Å²) in [4.78, 5) is 51.0. The van der Waals surface area contributed by atoms with Gasteiger partial charge >= 0.3 is 11.9 Å². The monoisotopic (exact) mass is 1250 g/mol. The number of aryl methyl sites for hydroxylation is 3. The van der Waals surface area contributed by atoms with Crippen LogP contribution in [0, 0.1) is 34.6 Å². The molecule has 10 heterocycles. The zero-order valence-electron chi connectivity index (χ0n) is 49.7. The van der Waals surface area contributed by atoms with Crippen LogP contribution in [0.3, 0.4) is 0 Å². The van der Waals surface area contributed by atoms with Crippen LogP contribution in [-0.2, 0) is 37.5 Å². The van der Waals surface area contributed by atoms with Gasteiger partial charge in [0.25, 0.3) is 0 Å². The van der Waals surface area contributed by atoms with E-state index < -0.39 is 53.1 Å². The minimum Gasteiger partial charge on any atom is -0.508 e. The maximum absolute atomic E-state index is 14.7. The van der Waals surface area contributed by atoms with Gasteiger partial charge in [-0.25, -0.2) is 4.79 Å². The number of anilines is 1. The average Bonchev–Trinajstić information content (AvgIpc) is 0.814. The van der Waals surface area contributed by atoms with Crippen molar-refractivity contribution in [1.29, 1.82) is 0 Å². The lowest BCUT2D eigenvalue weighted by Crippen LogP contribution is -2.70. The summed E-state index contributed by atoms with van der Waals surface area (Å²) < 4.78 is 37.9. The second-order valence-electron chi connectivity index (χ2n) is 23.1. The molecule has 1 amide bonds. The molecule has 2 saturated heterocycles. The number of aromatic hydroxyl groups is 3. The summed E-state index contributed by atoms with van der Waals surface area (Å²) in [5.41, 5.74) is 8.85. The van der Waals surface area contributed by atoms with Gasteiger partial charge in [0.15, 0.2) is 45.9 Å². The van der Waals surface area contributed by atoms with Crippen molar-refractivity contribution in [2.45, 2.75) is 108 Å². The van der Waals surface area contributed by atoms with Crippen LogP contribution in [0.4, 0.5) is 5.69 Å². The number of aliphatic imine (C=N–C) groups is 1. The van der Waals surface area contributed by atoms with E-state index in [2.05, 4.69) is 39.6 Å². The molecule has 8 aliphatic rings. The molecule has 7 aromatic rings. The Labute approximate surface area is 520 Å². The zero-order chi connectivity index (χ0) is 61.9. The number of likely N-dealkylation sites (N-methyl/N-ethyl adjacent to an activating group) is 1. The molecule has 458 valence electrons. The Hall–Kier alpha value is -7.90. The topological polar surface area (TPSA) is 261 Å². The van der Waals surface area contributed by atoms with Gasteiger partial charge in [0.2, 0.25) is 12.7 Å². The van der Waals surface area contributed by atoms with E-state index in [0.29, 0.717) is 86.7 Å². The lowest BCUT2D eigenvalue weighted by Gasteiger charge is -2.62. The number of thioether (sulfide) groups is 1. The lowest BCUT2D eigenvalue weighted by molar-refractivity contribution is -0.186. The minimum absolute atomic E-state index is 0.0226. The maximum atomic E-state index is 14.7. The first-order valence-corrected chi connectivity index (χ1v) is 31.1. The number of halogens is 1. The molecule has 88 heavy (non-hydrogen) atoms. The number of hydrogen-bond acceptors (Lipinski definition) is 21. The third-order valence-corrected chi connectivity index (χ3v) is 21.1. The first-order chi connectivity index (χ1) is 42.2. The number of ether oxygens (including phenoxy) is 6. The Bertz CT molecular complexity index is 4060. The molecule has 0 aliphatic carbocycles. The van der Waals surface area contributed by atoms with Crippen LogP contribution in [0.1, 0.15) is 114 Å². The minimum atomic E-state index is -1.36. The van der Waals surface area contributed by atoms with Crippen LogP contribution in [0.25, 0.3) is 5.00 Å². The average molecular weight is 1250 g/mol.